The molecular formula is C46H78N2. The summed E-state index contributed by atoms with van der Waals surface area (Å²) in [7, 11) is 0. The van der Waals surface area contributed by atoms with Crippen LogP contribution in [0, 0.1) is 0 Å². The van der Waals surface area contributed by atoms with Crippen molar-refractivity contribution in [1.82, 2.24) is 9.97 Å². The summed E-state index contributed by atoms with van der Waals surface area (Å²) < 4.78 is 0. The maximum Gasteiger partial charge on any atom is 0.0457 e. The van der Waals surface area contributed by atoms with Crippen molar-refractivity contribution in [2.24, 2.45) is 0 Å². The van der Waals surface area contributed by atoms with E-state index in [1.165, 1.54) is 16.7 Å². The summed E-state index contributed by atoms with van der Waals surface area (Å²) in [5, 5.41) is 0. The van der Waals surface area contributed by atoms with Gasteiger partial charge in [-0.25, -0.2) is 0 Å². The lowest BCUT2D eigenvalue weighted by Gasteiger charge is -2.18. The van der Waals surface area contributed by atoms with E-state index in [0.717, 1.165) is 5.69 Å². The van der Waals surface area contributed by atoms with Crippen molar-refractivity contribution in [1.29, 1.82) is 0 Å². The molecule has 2 heterocycles. The molecule has 0 aliphatic rings. The van der Waals surface area contributed by atoms with Gasteiger partial charge in [0.05, 0.1) is 0 Å². The van der Waals surface area contributed by atoms with Gasteiger partial charge in [0.15, 0.2) is 0 Å². The monoisotopic (exact) mass is 659 g/mol. The fourth-order valence-electron chi connectivity index (χ4n) is 3.49. The van der Waals surface area contributed by atoms with Gasteiger partial charge < -0.3 is 0 Å². The molecule has 0 bridgehead atoms. The zero-order chi connectivity index (χ0) is 38.5. The lowest BCUT2D eigenvalue weighted by atomic mass is 9.87. The van der Waals surface area contributed by atoms with Gasteiger partial charge in [-0.3, -0.25) is 9.97 Å². The molecule has 4 aromatic rings. The SMILES string of the molecule is CC.CC.CC.CC.CC(C)(C)c1ccccc1.CC(C)(C)c1ccccc1.CC(C)(C)c1ccccn1.CC(C)(C)c1cccnc1. The average molecular weight is 659 g/mol. The number of rotatable bonds is 0. The molecule has 4 rings (SSSR count). The Kier molecular flexibility index (Phi) is 30.9. The van der Waals surface area contributed by atoms with Gasteiger partial charge in [-0.1, -0.05) is 211 Å². The minimum absolute atomic E-state index is 0.182. The molecule has 2 aromatic carbocycles. The summed E-state index contributed by atoms with van der Waals surface area (Å²) in [6, 6.07) is 31.2. The van der Waals surface area contributed by atoms with E-state index in [0.29, 0.717) is 10.8 Å². The first-order chi connectivity index (χ1) is 22.4. The van der Waals surface area contributed by atoms with Crippen LogP contribution in [0.2, 0.25) is 0 Å². The highest BCUT2D eigenvalue weighted by Crippen LogP contribution is 2.22. The second kappa shape index (κ2) is 28.7. The van der Waals surface area contributed by atoms with Crippen LogP contribution in [0.5, 0.6) is 0 Å². The molecule has 2 aromatic heterocycles. The van der Waals surface area contributed by atoms with Gasteiger partial charge in [0, 0.05) is 29.7 Å². The number of pyridine rings is 2. The molecule has 0 saturated carbocycles. The Morgan fingerprint density at radius 3 is 0.854 bits per heavy atom. The van der Waals surface area contributed by atoms with Crippen LogP contribution in [0.15, 0.2) is 110 Å². The molecule has 0 aliphatic carbocycles. The topological polar surface area (TPSA) is 25.8 Å². The van der Waals surface area contributed by atoms with Gasteiger partial charge in [-0.2, -0.15) is 0 Å². The van der Waals surface area contributed by atoms with E-state index in [1.54, 1.807) is 6.20 Å². The largest absolute Gasteiger partial charge is 0.264 e. The van der Waals surface area contributed by atoms with E-state index in [4.69, 9.17) is 0 Å². The lowest BCUT2D eigenvalue weighted by molar-refractivity contribution is 0.569. The summed E-state index contributed by atoms with van der Waals surface area (Å²) in [6.45, 7) is 42.4. The molecule has 0 aliphatic heterocycles. The molecule has 272 valence electrons. The second-order valence-electron chi connectivity index (χ2n) is 14.2. The summed E-state index contributed by atoms with van der Waals surface area (Å²) in [5.41, 5.74) is 6.23. The van der Waals surface area contributed by atoms with Crippen molar-refractivity contribution in [3.8, 4) is 0 Å². The zero-order valence-electron chi connectivity index (χ0n) is 35.3. The molecule has 0 radical (unpaired) electrons. The summed E-state index contributed by atoms with van der Waals surface area (Å²) >= 11 is 0. The van der Waals surface area contributed by atoms with Gasteiger partial charge in [0.25, 0.3) is 0 Å². The van der Waals surface area contributed by atoms with Crippen LogP contribution >= 0.6 is 0 Å². The molecule has 0 fully saturated rings. The normalized spacial score (nSPS) is 10.1. The maximum atomic E-state index is 4.25. The zero-order valence-corrected chi connectivity index (χ0v) is 35.3. The van der Waals surface area contributed by atoms with Crippen LogP contribution in [0.3, 0.4) is 0 Å². The highest BCUT2D eigenvalue weighted by Gasteiger charge is 2.14. The smallest absolute Gasteiger partial charge is 0.0457 e. The number of nitrogens with zero attached hydrogens (tertiary/aromatic N) is 2. The molecule has 2 heteroatoms. The Morgan fingerprint density at radius 1 is 0.333 bits per heavy atom. The van der Waals surface area contributed by atoms with Crippen LogP contribution in [0.25, 0.3) is 0 Å². The summed E-state index contributed by atoms with van der Waals surface area (Å²) in [6.07, 6.45) is 5.55. The molecule has 0 saturated heterocycles. The van der Waals surface area contributed by atoms with E-state index in [1.807, 2.05) is 86.0 Å². The third-order valence-electron chi connectivity index (χ3n) is 6.24. The van der Waals surface area contributed by atoms with Crippen molar-refractivity contribution >= 4 is 0 Å². The van der Waals surface area contributed by atoms with E-state index >= 15 is 0 Å². The van der Waals surface area contributed by atoms with Crippen LogP contribution in [0.1, 0.15) is 161 Å². The Labute approximate surface area is 301 Å². The quantitative estimate of drug-likeness (QED) is 0.188. The van der Waals surface area contributed by atoms with Gasteiger partial charge >= 0.3 is 0 Å². The third-order valence-corrected chi connectivity index (χ3v) is 6.24. The highest BCUT2D eigenvalue weighted by atomic mass is 14.7. The third kappa shape index (κ3) is 26.8. The van der Waals surface area contributed by atoms with E-state index < -0.39 is 0 Å². The van der Waals surface area contributed by atoms with Crippen LogP contribution in [-0.2, 0) is 21.7 Å². The molecule has 0 unspecified atom stereocenters. The van der Waals surface area contributed by atoms with Gasteiger partial charge in [-0.15, -0.1) is 0 Å². The van der Waals surface area contributed by atoms with Crippen molar-refractivity contribution in [2.75, 3.05) is 0 Å². The summed E-state index contributed by atoms with van der Waals surface area (Å²) in [4.78, 5) is 8.30. The van der Waals surface area contributed by atoms with Gasteiger partial charge in [0.2, 0.25) is 0 Å². The second-order valence-corrected chi connectivity index (χ2v) is 14.2. The Morgan fingerprint density at radius 2 is 0.667 bits per heavy atom. The van der Waals surface area contributed by atoms with Crippen molar-refractivity contribution < 1.29 is 0 Å². The first-order valence-electron chi connectivity index (χ1n) is 18.4. The Bertz CT molecular complexity index is 974. The van der Waals surface area contributed by atoms with E-state index in [9.17, 15) is 0 Å². The Hall–Kier alpha value is -3.26. The lowest BCUT2D eigenvalue weighted by Crippen LogP contribution is -2.12. The van der Waals surface area contributed by atoms with Gasteiger partial charge in [-0.05, 0) is 51.1 Å². The van der Waals surface area contributed by atoms with E-state index in [2.05, 4.69) is 166 Å². The number of aromatic nitrogens is 2. The first-order valence-corrected chi connectivity index (χ1v) is 18.4. The highest BCUT2D eigenvalue weighted by molar-refractivity contribution is 5.23. The van der Waals surface area contributed by atoms with Crippen LogP contribution in [0.4, 0.5) is 0 Å². The van der Waals surface area contributed by atoms with E-state index in [-0.39, 0.29) is 10.8 Å². The molecule has 48 heavy (non-hydrogen) atoms. The molecule has 0 spiro atoms. The van der Waals surface area contributed by atoms with Crippen molar-refractivity contribution in [2.45, 2.75) is 160 Å². The average Bonchev–Trinajstić information content (AvgIpc) is 3.09. The Balaban J connectivity index is -0.000000251. The fourth-order valence-corrected chi connectivity index (χ4v) is 3.49. The molecule has 2 nitrogen and oxygen atoms in total. The summed E-state index contributed by atoms with van der Waals surface area (Å²) in [5.74, 6) is 0. The van der Waals surface area contributed by atoms with Crippen molar-refractivity contribution in [3.63, 3.8) is 0 Å². The minimum atomic E-state index is 0.182. The minimum Gasteiger partial charge on any atom is -0.264 e. The standard InChI is InChI=1S/2C10H14.2C9H13N.4C2H6/c2*1-10(2,3)9-7-5-4-6-8-9;1-9(2,3)8-5-4-6-10-7-8;1-9(2,3)8-6-4-5-7-10-8;4*1-2/h2*4-8H,1-3H3;2*4-7H,1-3H3;4*1-2H3. The predicted octanol–water partition coefficient (Wildman–Crippen LogP) is 14.8. The fraction of sp³-hybridized carbons (Fsp3) is 0.522. The molecule has 0 amide bonds. The van der Waals surface area contributed by atoms with Crippen LogP contribution in [-0.4, -0.2) is 9.97 Å². The van der Waals surface area contributed by atoms with Gasteiger partial charge in [0.1, 0.15) is 0 Å². The maximum absolute atomic E-state index is 4.25. The predicted molar refractivity (Wildman–Crippen MR) is 222 cm³/mol. The van der Waals surface area contributed by atoms with Crippen LogP contribution < -0.4 is 0 Å². The number of hydrogen-bond acceptors (Lipinski definition) is 2. The molecule has 0 atom stereocenters. The van der Waals surface area contributed by atoms with Crippen molar-refractivity contribution in [3.05, 3.63) is 132 Å². The first kappa shape index (κ1) is 51.6. The number of hydrogen-bond donors (Lipinski definition) is 0. The number of benzene rings is 2. The molecular weight excluding hydrogens is 581 g/mol. The molecule has 0 N–H and O–H groups in total.